The molecule has 2 atom stereocenters. The minimum absolute atomic E-state index is 0.0836. The van der Waals surface area contributed by atoms with Crippen molar-refractivity contribution in [3.05, 3.63) is 0 Å². The van der Waals surface area contributed by atoms with Gasteiger partial charge in [-0.15, -0.1) is 0 Å². The molecule has 4 heteroatoms. The van der Waals surface area contributed by atoms with Crippen molar-refractivity contribution < 1.29 is 9.53 Å². The SMILES string of the molecule is CCC(C)COC(=O)CN(C)C1CCSC1. The quantitative estimate of drug-likeness (QED) is 0.670. The normalized spacial score (nSPS) is 22.4. The first kappa shape index (κ1) is 13.8. The molecule has 0 amide bonds. The molecule has 0 spiro atoms. The summed E-state index contributed by atoms with van der Waals surface area (Å²) in [6.45, 7) is 5.20. The van der Waals surface area contributed by atoms with Crippen molar-refractivity contribution in [2.75, 3.05) is 31.7 Å². The Hall–Kier alpha value is -0.220. The lowest BCUT2D eigenvalue weighted by atomic mass is 10.1. The predicted octanol–water partition coefficient (Wildman–Crippen LogP) is 2.01. The average molecular weight is 245 g/mol. The lowest BCUT2D eigenvalue weighted by Crippen LogP contribution is -2.36. The van der Waals surface area contributed by atoms with Crippen molar-refractivity contribution in [1.82, 2.24) is 4.90 Å². The van der Waals surface area contributed by atoms with Gasteiger partial charge in [0.2, 0.25) is 0 Å². The maximum absolute atomic E-state index is 11.6. The van der Waals surface area contributed by atoms with E-state index in [1.165, 1.54) is 12.2 Å². The van der Waals surface area contributed by atoms with Gasteiger partial charge in [-0.25, -0.2) is 0 Å². The van der Waals surface area contributed by atoms with Crippen LogP contribution in [-0.4, -0.2) is 48.6 Å². The van der Waals surface area contributed by atoms with Gasteiger partial charge in [0.1, 0.15) is 0 Å². The third-order valence-electron chi connectivity index (χ3n) is 3.13. The topological polar surface area (TPSA) is 29.5 Å². The van der Waals surface area contributed by atoms with Gasteiger partial charge < -0.3 is 4.74 Å². The molecule has 0 radical (unpaired) electrons. The Morgan fingerprint density at radius 2 is 2.38 bits per heavy atom. The summed E-state index contributed by atoms with van der Waals surface area (Å²) in [7, 11) is 2.01. The van der Waals surface area contributed by atoms with Gasteiger partial charge in [0, 0.05) is 11.8 Å². The number of ether oxygens (including phenoxy) is 1. The van der Waals surface area contributed by atoms with Gasteiger partial charge in [-0.1, -0.05) is 20.3 Å². The third kappa shape index (κ3) is 4.74. The van der Waals surface area contributed by atoms with Crippen LogP contribution in [0.3, 0.4) is 0 Å². The van der Waals surface area contributed by atoms with E-state index >= 15 is 0 Å². The fourth-order valence-electron chi connectivity index (χ4n) is 1.60. The number of hydrogen-bond donors (Lipinski definition) is 0. The van der Waals surface area contributed by atoms with Crippen LogP contribution in [-0.2, 0) is 9.53 Å². The van der Waals surface area contributed by atoms with Gasteiger partial charge in [0.05, 0.1) is 13.2 Å². The number of carbonyl (C=O) groups is 1. The molecule has 0 saturated carbocycles. The van der Waals surface area contributed by atoms with Crippen LogP contribution in [0, 0.1) is 5.92 Å². The van der Waals surface area contributed by atoms with Crippen molar-refractivity contribution in [3.63, 3.8) is 0 Å². The highest BCUT2D eigenvalue weighted by Gasteiger charge is 2.22. The van der Waals surface area contributed by atoms with Gasteiger partial charge in [-0.2, -0.15) is 11.8 Å². The fourth-order valence-corrected chi connectivity index (χ4v) is 2.90. The minimum atomic E-state index is -0.0836. The Morgan fingerprint density at radius 1 is 1.62 bits per heavy atom. The Bertz CT molecular complexity index is 217. The standard InChI is InChI=1S/C12H23NO2S/c1-4-10(2)8-15-12(14)7-13(3)11-5-6-16-9-11/h10-11H,4-9H2,1-3H3. The van der Waals surface area contributed by atoms with E-state index in [9.17, 15) is 4.79 Å². The van der Waals surface area contributed by atoms with Crippen LogP contribution in [0.1, 0.15) is 26.7 Å². The first-order chi connectivity index (χ1) is 7.63. The van der Waals surface area contributed by atoms with E-state index in [4.69, 9.17) is 4.74 Å². The maximum Gasteiger partial charge on any atom is 0.320 e. The number of esters is 1. The number of hydrogen-bond acceptors (Lipinski definition) is 4. The monoisotopic (exact) mass is 245 g/mol. The summed E-state index contributed by atoms with van der Waals surface area (Å²) in [5, 5.41) is 0. The van der Waals surface area contributed by atoms with Crippen LogP contribution in [0.15, 0.2) is 0 Å². The molecule has 1 rings (SSSR count). The summed E-state index contributed by atoms with van der Waals surface area (Å²) in [4.78, 5) is 13.7. The van der Waals surface area contributed by atoms with Crippen molar-refractivity contribution in [2.24, 2.45) is 5.92 Å². The number of thioether (sulfide) groups is 1. The Labute approximate surface area is 103 Å². The van der Waals surface area contributed by atoms with Crippen molar-refractivity contribution >= 4 is 17.7 Å². The summed E-state index contributed by atoms with van der Waals surface area (Å²) < 4.78 is 5.24. The lowest BCUT2D eigenvalue weighted by Gasteiger charge is -2.22. The molecular weight excluding hydrogens is 222 g/mol. The predicted molar refractivity (Wildman–Crippen MR) is 68.8 cm³/mol. The summed E-state index contributed by atoms with van der Waals surface area (Å²) in [5.41, 5.74) is 0. The minimum Gasteiger partial charge on any atom is -0.464 e. The molecule has 1 heterocycles. The van der Waals surface area contributed by atoms with Crippen molar-refractivity contribution in [1.29, 1.82) is 0 Å². The summed E-state index contributed by atoms with van der Waals surface area (Å²) in [6, 6.07) is 0.557. The van der Waals surface area contributed by atoms with Gasteiger partial charge in [0.25, 0.3) is 0 Å². The summed E-state index contributed by atoms with van der Waals surface area (Å²) in [6.07, 6.45) is 2.25. The Morgan fingerprint density at radius 3 is 2.94 bits per heavy atom. The highest BCUT2D eigenvalue weighted by Crippen LogP contribution is 2.21. The van der Waals surface area contributed by atoms with E-state index < -0.39 is 0 Å². The van der Waals surface area contributed by atoms with Gasteiger partial charge in [-0.3, -0.25) is 9.69 Å². The van der Waals surface area contributed by atoms with E-state index in [2.05, 4.69) is 18.7 Å². The van der Waals surface area contributed by atoms with Crippen LogP contribution in [0.4, 0.5) is 0 Å². The number of rotatable bonds is 6. The van der Waals surface area contributed by atoms with Gasteiger partial charge in [0.15, 0.2) is 0 Å². The van der Waals surface area contributed by atoms with Crippen LogP contribution in [0.5, 0.6) is 0 Å². The van der Waals surface area contributed by atoms with E-state index in [-0.39, 0.29) is 5.97 Å². The molecule has 1 aliphatic rings. The van der Waals surface area contributed by atoms with E-state index in [0.29, 0.717) is 25.1 Å². The molecule has 16 heavy (non-hydrogen) atoms. The molecule has 2 unspecified atom stereocenters. The molecule has 1 aliphatic heterocycles. The Balaban J connectivity index is 2.17. The second-order valence-corrected chi connectivity index (χ2v) is 5.78. The highest BCUT2D eigenvalue weighted by atomic mass is 32.2. The molecule has 1 saturated heterocycles. The molecule has 0 aliphatic carbocycles. The lowest BCUT2D eigenvalue weighted by molar-refractivity contribution is -0.146. The molecule has 0 bridgehead atoms. The van der Waals surface area contributed by atoms with Gasteiger partial charge >= 0.3 is 5.97 Å². The zero-order valence-corrected chi connectivity index (χ0v) is 11.4. The zero-order valence-electron chi connectivity index (χ0n) is 10.6. The average Bonchev–Trinajstić information content (AvgIpc) is 2.79. The van der Waals surface area contributed by atoms with E-state index in [1.54, 1.807) is 0 Å². The molecule has 94 valence electrons. The van der Waals surface area contributed by atoms with E-state index in [1.807, 2.05) is 18.8 Å². The molecule has 0 aromatic rings. The van der Waals surface area contributed by atoms with Crippen LogP contribution in [0.25, 0.3) is 0 Å². The highest BCUT2D eigenvalue weighted by molar-refractivity contribution is 7.99. The second kappa shape index (κ2) is 7.17. The fraction of sp³-hybridized carbons (Fsp3) is 0.917. The summed E-state index contributed by atoms with van der Waals surface area (Å²) in [5.74, 6) is 2.75. The number of likely N-dealkylation sites (N-methyl/N-ethyl adjacent to an activating group) is 1. The van der Waals surface area contributed by atoms with Crippen LogP contribution in [0.2, 0.25) is 0 Å². The van der Waals surface area contributed by atoms with Gasteiger partial charge in [-0.05, 0) is 25.1 Å². The first-order valence-electron chi connectivity index (χ1n) is 6.07. The van der Waals surface area contributed by atoms with Crippen LogP contribution < -0.4 is 0 Å². The molecule has 0 N–H and O–H groups in total. The number of carbonyl (C=O) groups excluding carboxylic acids is 1. The zero-order chi connectivity index (χ0) is 12.0. The largest absolute Gasteiger partial charge is 0.464 e. The Kier molecular flexibility index (Phi) is 6.21. The van der Waals surface area contributed by atoms with E-state index in [0.717, 1.165) is 12.2 Å². The van der Waals surface area contributed by atoms with Crippen LogP contribution >= 0.6 is 11.8 Å². The first-order valence-corrected chi connectivity index (χ1v) is 7.22. The smallest absolute Gasteiger partial charge is 0.320 e. The second-order valence-electron chi connectivity index (χ2n) is 4.63. The molecule has 3 nitrogen and oxygen atoms in total. The third-order valence-corrected chi connectivity index (χ3v) is 4.28. The number of nitrogens with zero attached hydrogens (tertiary/aromatic N) is 1. The van der Waals surface area contributed by atoms with Crippen molar-refractivity contribution in [2.45, 2.75) is 32.7 Å². The molecule has 0 aromatic heterocycles. The van der Waals surface area contributed by atoms with Crippen molar-refractivity contribution in [3.8, 4) is 0 Å². The molecule has 0 aromatic carbocycles. The molecule has 1 fully saturated rings. The molecular formula is C12H23NO2S. The summed E-state index contributed by atoms with van der Waals surface area (Å²) >= 11 is 1.97. The maximum atomic E-state index is 11.6.